The first-order valence-electron chi connectivity index (χ1n) is 6.62. The van der Waals surface area contributed by atoms with Gasteiger partial charge in [0.15, 0.2) is 6.29 Å². The van der Waals surface area contributed by atoms with Crippen LogP contribution in [0.2, 0.25) is 0 Å². The lowest BCUT2D eigenvalue weighted by Gasteiger charge is -2.41. The average molecular weight is 241 g/mol. The molecule has 4 aliphatic heterocycles. The van der Waals surface area contributed by atoms with Gasteiger partial charge in [0.2, 0.25) is 0 Å². The summed E-state index contributed by atoms with van der Waals surface area (Å²) in [6, 6.07) is 0. The summed E-state index contributed by atoms with van der Waals surface area (Å²) in [4.78, 5) is 2.33. The monoisotopic (exact) mass is 241 g/mol. The third kappa shape index (κ3) is 1.26. The van der Waals surface area contributed by atoms with E-state index >= 15 is 0 Å². The van der Waals surface area contributed by atoms with Gasteiger partial charge in [-0.15, -0.1) is 0 Å². The van der Waals surface area contributed by atoms with E-state index in [0.29, 0.717) is 19.1 Å². The van der Waals surface area contributed by atoms with E-state index in [-0.39, 0.29) is 18.1 Å². The lowest BCUT2D eigenvalue weighted by atomic mass is 9.90. The van der Waals surface area contributed by atoms with E-state index in [4.69, 9.17) is 14.2 Å². The lowest BCUT2D eigenvalue weighted by Crippen LogP contribution is -2.60. The van der Waals surface area contributed by atoms with Crippen molar-refractivity contribution in [3.63, 3.8) is 0 Å². The van der Waals surface area contributed by atoms with Gasteiger partial charge in [0.25, 0.3) is 0 Å². The zero-order valence-corrected chi connectivity index (χ0v) is 9.88. The van der Waals surface area contributed by atoms with Crippen LogP contribution in [0.1, 0.15) is 19.3 Å². The number of hydrogen-bond acceptors (Lipinski definition) is 5. The Morgan fingerprint density at radius 2 is 2.06 bits per heavy atom. The maximum Gasteiger partial charge on any atom is 0.178 e. The van der Waals surface area contributed by atoms with Crippen molar-refractivity contribution in [2.24, 2.45) is 5.92 Å². The van der Waals surface area contributed by atoms with E-state index in [9.17, 15) is 5.11 Å². The van der Waals surface area contributed by atoms with Gasteiger partial charge in [-0.3, -0.25) is 4.90 Å². The number of nitrogens with zero attached hydrogens (tertiary/aromatic N) is 1. The summed E-state index contributed by atoms with van der Waals surface area (Å²) >= 11 is 0. The molecule has 0 aromatic carbocycles. The first kappa shape index (κ1) is 10.7. The SMILES string of the molecule is OC1CO[C@H]2OCC[C@@]12N1CCC2CCOC21. The molecule has 4 saturated heterocycles. The third-order valence-corrected chi connectivity index (χ3v) is 4.93. The number of aliphatic hydroxyl groups is 1. The molecule has 4 fully saturated rings. The molecule has 0 saturated carbocycles. The fourth-order valence-corrected chi connectivity index (χ4v) is 4.03. The highest BCUT2D eigenvalue weighted by Gasteiger charge is 2.62. The van der Waals surface area contributed by atoms with Crippen LogP contribution < -0.4 is 0 Å². The summed E-state index contributed by atoms with van der Waals surface area (Å²) in [5, 5.41) is 10.3. The summed E-state index contributed by atoms with van der Waals surface area (Å²) in [6.45, 7) is 2.91. The van der Waals surface area contributed by atoms with E-state index < -0.39 is 6.10 Å². The molecule has 0 amide bonds. The molecule has 4 rings (SSSR count). The zero-order chi connectivity index (χ0) is 11.5. The third-order valence-electron chi connectivity index (χ3n) is 4.93. The van der Waals surface area contributed by atoms with E-state index in [1.807, 2.05) is 0 Å². The van der Waals surface area contributed by atoms with Crippen molar-refractivity contribution in [3.05, 3.63) is 0 Å². The normalized spacial score (nSPS) is 54.2. The van der Waals surface area contributed by atoms with Crippen LogP contribution in [0.5, 0.6) is 0 Å². The minimum Gasteiger partial charge on any atom is -0.389 e. The van der Waals surface area contributed by atoms with Crippen molar-refractivity contribution in [2.45, 2.75) is 43.4 Å². The summed E-state index contributed by atoms with van der Waals surface area (Å²) in [5.41, 5.74) is -0.343. The van der Waals surface area contributed by atoms with Crippen molar-refractivity contribution in [2.75, 3.05) is 26.4 Å². The van der Waals surface area contributed by atoms with Crippen LogP contribution in [0.4, 0.5) is 0 Å². The number of likely N-dealkylation sites (tertiary alicyclic amines) is 1. The molecule has 0 spiro atoms. The average Bonchev–Trinajstić information content (AvgIpc) is 3.00. The molecule has 96 valence electrons. The van der Waals surface area contributed by atoms with Gasteiger partial charge in [-0.25, -0.2) is 0 Å². The Morgan fingerprint density at radius 3 is 3.00 bits per heavy atom. The standard InChI is InChI=1S/C12H19NO4/c14-9-7-17-11-12(9,3-6-16-11)13-4-1-8-2-5-15-10(8)13/h8-11,14H,1-7H2/t8?,9?,10?,11-,12-/m1/s1. The maximum absolute atomic E-state index is 10.3. The summed E-state index contributed by atoms with van der Waals surface area (Å²) in [6.07, 6.45) is 2.64. The second kappa shape index (κ2) is 3.65. The highest BCUT2D eigenvalue weighted by molar-refractivity contribution is 5.09. The van der Waals surface area contributed by atoms with Gasteiger partial charge in [-0.1, -0.05) is 0 Å². The molecule has 0 aromatic rings. The van der Waals surface area contributed by atoms with E-state index in [2.05, 4.69) is 4.90 Å². The van der Waals surface area contributed by atoms with Crippen LogP contribution in [-0.4, -0.2) is 60.5 Å². The smallest absolute Gasteiger partial charge is 0.178 e. The zero-order valence-electron chi connectivity index (χ0n) is 9.88. The van der Waals surface area contributed by atoms with Crippen LogP contribution in [-0.2, 0) is 14.2 Å². The second-order valence-electron chi connectivity index (χ2n) is 5.59. The molecule has 1 N–H and O–H groups in total. The Labute approximate surface area is 101 Å². The minimum atomic E-state index is -0.446. The quantitative estimate of drug-likeness (QED) is 0.696. The van der Waals surface area contributed by atoms with Gasteiger partial charge in [0.05, 0.1) is 13.2 Å². The predicted molar refractivity (Wildman–Crippen MR) is 58.2 cm³/mol. The topological polar surface area (TPSA) is 51.2 Å². The molecule has 0 bridgehead atoms. The molecule has 3 unspecified atom stereocenters. The molecule has 4 aliphatic rings. The molecule has 17 heavy (non-hydrogen) atoms. The number of aliphatic hydroxyl groups excluding tert-OH is 1. The lowest BCUT2D eigenvalue weighted by molar-refractivity contribution is -0.154. The Balaban J connectivity index is 1.68. The van der Waals surface area contributed by atoms with E-state index in [1.54, 1.807) is 0 Å². The van der Waals surface area contributed by atoms with Crippen molar-refractivity contribution >= 4 is 0 Å². The number of fused-ring (bicyclic) bond motifs is 2. The van der Waals surface area contributed by atoms with Crippen molar-refractivity contribution < 1.29 is 19.3 Å². The molecular formula is C12H19NO4. The largest absolute Gasteiger partial charge is 0.389 e. The van der Waals surface area contributed by atoms with Crippen molar-refractivity contribution in [3.8, 4) is 0 Å². The van der Waals surface area contributed by atoms with Gasteiger partial charge in [-0.05, 0) is 19.3 Å². The van der Waals surface area contributed by atoms with Gasteiger partial charge >= 0.3 is 0 Å². The highest BCUT2D eigenvalue weighted by atomic mass is 16.7. The summed E-state index contributed by atoms with van der Waals surface area (Å²) < 4.78 is 17.1. The number of rotatable bonds is 1. The molecule has 0 radical (unpaired) electrons. The van der Waals surface area contributed by atoms with Crippen LogP contribution in [0.3, 0.4) is 0 Å². The molecule has 4 heterocycles. The number of hydrogen-bond donors (Lipinski definition) is 1. The van der Waals surface area contributed by atoms with Crippen molar-refractivity contribution in [1.82, 2.24) is 4.90 Å². The van der Waals surface area contributed by atoms with Crippen molar-refractivity contribution in [1.29, 1.82) is 0 Å². The van der Waals surface area contributed by atoms with Gasteiger partial charge in [0.1, 0.15) is 17.9 Å². The molecule has 5 heteroatoms. The highest BCUT2D eigenvalue weighted by Crippen LogP contribution is 2.47. The Morgan fingerprint density at radius 1 is 1.12 bits per heavy atom. The fourth-order valence-electron chi connectivity index (χ4n) is 4.03. The molecule has 0 aliphatic carbocycles. The van der Waals surface area contributed by atoms with E-state index in [0.717, 1.165) is 26.0 Å². The maximum atomic E-state index is 10.3. The molecule has 0 aromatic heterocycles. The van der Waals surface area contributed by atoms with Gasteiger partial charge < -0.3 is 19.3 Å². The minimum absolute atomic E-state index is 0.176. The van der Waals surface area contributed by atoms with Crippen LogP contribution in [0, 0.1) is 5.92 Å². The first-order chi connectivity index (χ1) is 8.32. The first-order valence-corrected chi connectivity index (χ1v) is 6.62. The van der Waals surface area contributed by atoms with Crippen LogP contribution in [0.15, 0.2) is 0 Å². The fraction of sp³-hybridized carbons (Fsp3) is 1.00. The Bertz CT molecular complexity index is 326. The van der Waals surface area contributed by atoms with Crippen LogP contribution in [0.25, 0.3) is 0 Å². The molecule has 5 nitrogen and oxygen atoms in total. The van der Waals surface area contributed by atoms with E-state index in [1.165, 1.54) is 6.42 Å². The molecule has 5 atom stereocenters. The second-order valence-corrected chi connectivity index (χ2v) is 5.59. The summed E-state index contributed by atoms with van der Waals surface area (Å²) in [7, 11) is 0. The Hall–Kier alpha value is -0.200. The van der Waals surface area contributed by atoms with Crippen LogP contribution >= 0.6 is 0 Å². The van der Waals surface area contributed by atoms with Gasteiger partial charge in [0, 0.05) is 19.1 Å². The number of ether oxygens (including phenoxy) is 3. The van der Waals surface area contributed by atoms with Gasteiger partial charge in [-0.2, -0.15) is 0 Å². The molecular weight excluding hydrogens is 222 g/mol. The Kier molecular flexibility index (Phi) is 2.30. The summed E-state index contributed by atoms with van der Waals surface area (Å²) in [5.74, 6) is 0.637. The predicted octanol–water partition coefficient (Wildman–Crippen LogP) is -0.0690.